The molecule has 3 aromatic rings. The van der Waals surface area contributed by atoms with Crippen molar-refractivity contribution < 1.29 is 18.3 Å². The number of benzene rings is 2. The summed E-state index contributed by atoms with van der Waals surface area (Å²) >= 11 is 1.10. The second-order valence-corrected chi connectivity index (χ2v) is 8.69. The number of amides is 1. The third kappa shape index (κ3) is 3.34. The third-order valence-corrected chi connectivity index (χ3v) is 6.95. The lowest BCUT2D eigenvalue weighted by Gasteiger charge is -2.31. The Morgan fingerprint density at radius 2 is 2.16 bits per heavy atom. The van der Waals surface area contributed by atoms with Crippen LogP contribution < -0.4 is 20.7 Å². The number of carbonyl (C=O) groups is 1. The molecule has 0 unspecified atom stereocenters. The van der Waals surface area contributed by atoms with E-state index in [9.17, 15) is 13.6 Å². The number of hydrogen-bond acceptors (Lipinski definition) is 6. The molecule has 1 aromatic heterocycles. The number of nitrogens with two attached hydrogens (primary N) is 1. The average Bonchev–Trinajstić information content (AvgIpc) is 3.49. The third-order valence-electron chi connectivity index (χ3n) is 5.84. The smallest absolute Gasteiger partial charge is 0.268 e. The maximum atomic E-state index is 14.7. The van der Waals surface area contributed by atoms with E-state index in [2.05, 4.69) is 15.2 Å². The Bertz CT molecular complexity index is 1180. The highest BCUT2D eigenvalue weighted by Gasteiger charge is 2.39. The fourth-order valence-corrected chi connectivity index (χ4v) is 5.60. The molecule has 0 saturated carbocycles. The number of anilines is 1. The summed E-state index contributed by atoms with van der Waals surface area (Å²) in [6, 6.07) is 9.64. The van der Waals surface area contributed by atoms with E-state index in [1.807, 2.05) is 0 Å². The summed E-state index contributed by atoms with van der Waals surface area (Å²) in [7, 11) is 1.43. The van der Waals surface area contributed by atoms with E-state index in [4.69, 9.17) is 10.5 Å². The first-order valence-corrected chi connectivity index (χ1v) is 10.7. The molecule has 3 N–H and O–H groups in total. The van der Waals surface area contributed by atoms with Gasteiger partial charge in [-0.25, -0.2) is 13.8 Å². The summed E-state index contributed by atoms with van der Waals surface area (Å²) in [4.78, 5) is 19.2. The number of piperazine rings is 1. The molecule has 2 atom stereocenters. The maximum absolute atomic E-state index is 14.7. The Morgan fingerprint density at radius 1 is 1.32 bits per heavy atom. The molecule has 0 spiro atoms. The minimum Gasteiger partial charge on any atom is -0.496 e. The van der Waals surface area contributed by atoms with E-state index < -0.39 is 17.5 Å². The highest BCUT2D eigenvalue weighted by molar-refractivity contribution is 7.18. The number of nitrogens with zero attached hydrogens (tertiary/aromatic N) is 2. The fraction of sp³-hybridized carbons (Fsp3) is 0.273. The minimum atomic E-state index is -0.757. The Labute approximate surface area is 181 Å². The number of nitrogens with one attached hydrogen (secondary N) is 1. The maximum Gasteiger partial charge on any atom is 0.268 e. The monoisotopic (exact) mass is 442 g/mol. The zero-order chi connectivity index (χ0) is 21.7. The lowest BCUT2D eigenvalue weighted by Crippen LogP contribution is -2.43. The van der Waals surface area contributed by atoms with Crippen LogP contribution in [0.1, 0.15) is 16.9 Å². The molecule has 2 saturated heterocycles. The van der Waals surface area contributed by atoms with Gasteiger partial charge in [-0.3, -0.25) is 4.79 Å². The number of primary amides is 1. The Kier molecular flexibility index (Phi) is 4.86. The quantitative estimate of drug-likeness (QED) is 0.633. The Morgan fingerprint density at radius 3 is 2.84 bits per heavy atom. The van der Waals surface area contributed by atoms with Crippen molar-refractivity contribution in [3.63, 3.8) is 0 Å². The van der Waals surface area contributed by atoms with Gasteiger partial charge in [-0.15, -0.1) is 11.3 Å². The minimum absolute atomic E-state index is 0.0142. The van der Waals surface area contributed by atoms with Gasteiger partial charge >= 0.3 is 0 Å². The van der Waals surface area contributed by atoms with E-state index >= 15 is 0 Å². The number of thiazole rings is 1. The van der Waals surface area contributed by atoms with E-state index in [-0.39, 0.29) is 16.3 Å². The summed E-state index contributed by atoms with van der Waals surface area (Å²) in [6.45, 7) is 1.65. The van der Waals surface area contributed by atoms with Crippen LogP contribution >= 0.6 is 11.3 Å². The van der Waals surface area contributed by atoms with Crippen molar-refractivity contribution in [2.24, 2.45) is 5.73 Å². The van der Waals surface area contributed by atoms with Crippen molar-refractivity contribution in [2.75, 3.05) is 25.1 Å². The van der Waals surface area contributed by atoms with Gasteiger partial charge in [0.2, 0.25) is 0 Å². The highest BCUT2D eigenvalue weighted by Crippen LogP contribution is 2.44. The molecule has 9 heteroatoms. The summed E-state index contributed by atoms with van der Waals surface area (Å²) < 4.78 is 34.3. The van der Waals surface area contributed by atoms with Crippen molar-refractivity contribution in [1.82, 2.24) is 10.3 Å². The highest BCUT2D eigenvalue weighted by atomic mass is 32.1. The topological polar surface area (TPSA) is 80.5 Å². The number of rotatable bonds is 5. The second kappa shape index (κ2) is 7.58. The van der Waals surface area contributed by atoms with E-state index in [1.165, 1.54) is 31.4 Å². The zero-order valence-corrected chi connectivity index (χ0v) is 17.5. The number of fused-ring (bicyclic) bond motifs is 2. The molecular weight excluding hydrogens is 422 g/mol. The van der Waals surface area contributed by atoms with E-state index in [0.717, 1.165) is 36.5 Å². The standard InChI is InChI=1S/C22H20F2N4O2S/c1-30-17-4-2-3-15(24)18(17)22-27-19(21(25)29)20(31-22)14-7-11(23)5-6-16(14)28-10-12-8-13(28)9-26-12/h2-7,12-13,26H,8-10H2,1H3,(H2,25,29)/t12-,13-/m1/s1. The summed E-state index contributed by atoms with van der Waals surface area (Å²) in [5.74, 6) is -1.43. The van der Waals surface area contributed by atoms with Crippen molar-refractivity contribution in [1.29, 1.82) is 0 Å². The number of aromatic nitrogens is 1. The van der Waals surface area contributed by atoms with Gasteiger partial charge in [-0.2, -0.15) is 0 Å². The van der Waals surface area contributed by atoms with Crippen LogP contribution in [0.3, 0.4) is 0 Å². The second-order valence-electron chi connectivity index (χ2n) is 7.69. The lowest BCUT2D eigenvalue weighted by atomic mass is 10.1. The van der Waals surface area contributed by atoms with Gasteiger partial charge in [0.05, 0.1) is 17.6 Å². The van der Waals surface area contributed by atoms with Crippen molar-refractivity contribution in [2.45, 2.75) is 18.5 Å². The Hall–Kier alpha value is -3.04. The van der Waals surface area contributed by atoms with Crippen LogP contribution in [-0.2, 0) is 0 Å². The van der Waals surface area contributed by atoms with E-state index in [0.29, 0.717) is 28.3 Å². The van der Waals surface area contributed by atoms with Crippen LogP contribution in [0.4, 0.5) is 14.5 Å². The van der Waals surface area contributed by atoms with Crippen LogP contribution in [0, 0.1) is 11.6 Å². The van der Waals surface area contributed by atoms with Crippen molar-refractivity contribution >= 4 is 22.9 Å². The van der Waals surface area contributed by atoms with Crippen LogP contribution in [0.25, 0.3) is 21.0 Å². The van der Waals surface area contributed by atoms with Crippen molar-refractivity contribution in [3.8, 4) is 26.8 Å². The first kappa shape index (κ1) is 19.9. The van der Waals surface area contributed by atoms with Crippen LogP contribution in [0.15, 0.2) is 36.4 Å². The molecule has 1 amide bonds. The lowest BCUT2D eigenvalue weighted by molar-refractivity contribution is 0.0997. The molecule has 2 aliphatic heterocycles. The Balaban J connectivity index is 1.69. The molecule has 2 aromatic carbocycles. The number of carbonyl (C=O) groups excluding carboxylic acids is 1. The van der Waals surface area contributed by atoms with Gasteiger partial charge in [-0.1, -0.05) is 6.07 Å². The number of methoxy groups -OCH3 is 1. The molecule has 2 bridgehead atoms. The molecule has 0 radical (unpaired) electrons. The predicted molar refractivity (Wildman–Crippen MR) is 116 cm³/mol. The molecule has 2 aliphatic rings. The number of hydrogen-bond donors (Lipinski definition) is 2. The van der Waals surface area contributed by atoms with Gasteiger partial charge in [-0.05, 0) is 36.8 Å². The van der Waals surface area contributed by atoms with Crippen LogP contribution in [0.5, 0.6) is 5.75 Å². The normalized spacial score (nSPS) is 19.8. The van der Waals surface area contributed by atoms with Gasteiger partial charge in [0.25, 0.3) is 5.91 Å². The predicted octanol–water partition coefficient (Wildman–Crippen LogP) is 3.41. The molecule has 5 rings (SSSR count). The largest absolute Gasteiger partial charge is 0.496 e. The first-order valence-electron chi connectivity index (χ1n) is 9.89. The summed E-state index contributed by atoms with van der Waals surface area (Å²) in [6.07, 6.45) is 1.01. The average molecular weight is 442 g/mol. The summed E-state index contributed by atoms with van der Waals surface area (Å²) in [5.41, 5.74) is 7.09. The molecule has 31 heavy (non-hydrogen) atoms. The molecule has 2 fully saturated rings. The molecular formula is C22H20F2N4O2S. The van der Waals surface area contributed by atoms with Gasteiger partial charge in [0, 0.05) is 36.4 Å². The van der Waals surface area contributed by atoms with Crippen molar-refractivity contribution in [3.05, 3.63) is 53.7 Å². The summed E-state index contributed by atoms with van der Waals surface area (Å²) in [5, 5.41) is 3.69. The fourth-order valence-electron chi connectivity index (χ4n) is 4.46. The van der Waals surface area contributed by atoms with Crippen LogP contribution in [0.2, 0.25) is 0 Å². The van der Waals surface area contributed by atoms with Gasteiger partial charge < -0.3 is 20.7 Å². The van der Waals surface area contributed by atoms with Gasteiger partial charge in [0.15, 0.2) is 0 Å². The first-order chi connectivity index (χ1) is 15.0. The molecule has 3 heterocycles. The SMILES string of the molecule is COc1cccc(F)c1-c1nc(C(N)=O)c(-c2cc(F)ccc2N2C[C@H]3C[C@@H]2CN3)s1. The van der Waals surface area contributed by atoms with Crippen LogP contribution in [-0.4, -0.2) is 43.2 Å². The zero-order valence-electron chi connectivity index (χ0n) is 16.7. The number of ether oxygens (including phenoxy) is 1. The molecule has 160 valence electrons. The molecule has 6 nitrogen and oxygen atoms in total. The molecule has 0 aliphatic carbocycles. The van der Waals surface area contributed by atoms with Gasteiger partial charge in [0.1, 0.15) is 28.1 Å². The number of halogens is 2. The van der Waals surface area contributed by atoms with E-state index in [1.54, 1.807) is 12.1 Å².